The van der Waals surface area contributed by atoms with Crippen LogP contribution >= 0.6 is 11.6 Å². The average molecular weight is 298 g/mol. The van der Waals surface area contributed by atoms with E-state index in [1.165, 1.54) is 12.4 Å². The summed E-state index contributed by atoms with van der Waals surface area (Å²) in [5.41, 5.74) is 1.34. The van der Waals surface area contributed by atoms with Crippen LogP contribution in [0.2, 0.25) is 5.02 Å². The smallest absolute Gasteiger partial charge is 0.306 e. The molecule has 1 heterocycles. The first kappa shape index (κ1) is 15.0. The fourth-order valence-corrected chi connectivity index (χ4v) is 2.74. The number of ether oxygens (including phenoxy) is 1. The van der Waals surface area contributed by atoms with Crippen LogP contribution in [0.15, 0.2) is 18.5 Å². The zero-order chi connectivity index (χ0) is 14.5. The number of halogens is 2. The van der Waals surface area contributed by atoms with E-state index in [1.54, 1.807) is 6.92 Å². The number of pyridine rings is 1. The Kier molecular flexibility index (Phi) is 5.12. The molecule has 1 aliphatic carbocycles. The highest BCUT2D eigenvalue weighted by atomic mass is 35.5. The van der Waals surface area contributed by atoms with Crippen LogP contribution in [0, 0.1) is 11.7 Å². The lowest BCUT2D eigenvalue weighted by atomic mass is 9.85. The van der Waals surface area contributed by atoms with Gasteiger partial charge in [-0.05, 0) is 37.7 Å². The van der Waals surface area contributed by atoms with Crippen molar-refractivity contribution in [1.29, 1.82) is 0 Å². The quantitative estimate of drug-likeness (QED) is 0.788. The maximum atomic E-state index is 13.8. The van der Waals surface area contributed by atoms with Crippen LogP contribution in [-0.2, 0) is 9.53 Å². The third-order valence-corrected chi connectivity index (χ3v) is 3.74. The van der Waals surface area contributed by atoms with Crippen molar-refractivity contribution in [2.75, 3.05) is 6.61 Å². The van der Waals surface area contributed by atoms with Gasteiger partial charge in [0.1, 0.15) is 5.82 Å². The van der Waals surface area contributed by atoms with E-state index in [-0.39, 0.29) is 11.9 Å². The maximum Gasteiger partial charge on any atom is 0.306 e. The predicted octanol–water partition coefficient (Wildman–Crippen LogP) is 4.01. The van der Waals surface area contributed by atoms with Crippen molar-refractivity contribution in [2.45, 2.75) is 32.6 Å². The van der Waals surface area contributed by atoms with Gasteiger partial charge >= 0.3 is 5.97 Å². The standard InChI is InChI=1S/C15H17ClFNO2/c1-2-20-14(19)7-10-3-5-11(6-4-10)15-12(16)8-18-9-13(15)17/h5,8-10H,2-4,6-7H2,1H3. The van der Waals surface area contributed by atoms with Gasteiger partial charge in [0.05, 0.1) is 17.8 Å². The van der Waals surface area contributed by atoms with E-state index in [0.29, 0.717) is 30.0 Å². The Hall–Kier alpha value is -1.42. The number of esters is 1. The van der Waals surface area contributed by atoms with Crippen molar-refractivity contribution < 1.29 is 13.9 Å². The van der Waals surface area contributed by atoms with E-state index in [2.05, 4.69) is 4.98 Å². The predicted molar refractivity (Wildman–Crippen MR) is 75.8 cm³/mol. The Morgan fingerprint density at radius 3 is 2.95 bits per heavy atom. The highest BCUT2D eigenvalue weighted by Gasteiger charge is 2.21. The van der Waals surface area contributed by atoms with Gasteiger partial charge in [-0.15, -0.1) is 0 Å². The molecule has 2 rings (SSSR count). The normalized spacial score (nSPS) is 18.6. The van der Waals surface area contributed by atoms with Crippen LogP contribution in [0.3, 0.4) is 0 Å². The zero-order valence-electron chi connectivity index (χ0n) is 11.4. The summed E-state index contributed by atoms with van der Waals surface area (Å²) in [5.74, 6) is -0.295. The van der Waals surface area contributed by atoms with Crippen LogP contribution in [0.1, 0.15) is 38.2 Å². The first-order chi connectivity index (χ1) is 9.61. The van der Waals surface area contributed by atoms with Gasteiger partial charge in [0.2, 0.25) is 0 Å². The molecule has 0 spiro atoms. The minimum Gasteiger partial charge on any atom is -0.466 e. The van der Waals surface area contributed by atoms with Gasteiger partial charge in [0.15, 0.2) is 0 Å². The van der Waals surface area contributed by atoms with Crippen molar-refractivity contribution in [3.05, 3.63) is 34.9 Å². The SMILES string of the molecule is CCOC(=O)CC1CC=C(c2c(F)cncc2Cl)CC1. The summed E-state index contributed by atoms with van der Waals surface area (Å²) in [4.78, 5) is 15.2. The number of nitrogens with zero attached hydrogens (tertiary/aromatic N) is 1. The fraction of sp³-hybridized carbons (Fsp3) is 0.467. The maximum absolute atomic E-state index is 13.8. The summed E-state index contributed by atoms with van der Waals surface area (Å²) in [5, 5.41) is 0.333. The molecule has 1 aromatic rings. The average Bonchev–Trinajstić information content (AvgIpc) is 2.40. The van der Waals surface area contributed by atoms with E-state index < -0.39 is 5.82 Å². The van der Waals surface area contributed by atoms with Crippen LogP contribution in [0.5, 0.6) is 0 Å². The van der Waals surface area contributed by atoms with E-state index in [4.69, 9.17) is 16.3 Å². The fourth-order valence-electron chi connectivity index (χ4n) is 2.47. The molecule has 108 valence electrons. The van der Waals surface area contributed by atoms with Crippen molar-refractivity contribution in [3.63, 3.8) is 0 Å². The van der Waals surface area contributed by atoms with Crippen molar-refractivity contribution >= 4 is 23.1 Å². The highest BCUT2D eigenvalue weighted by Crippen LogP contribution is 2.35. The molecule has 3 nitrogen and oxygen atoms in total. The topological polar surface area (TPSA) is 39.2 Å². The largest absolute Gasteiger partial charge is 0.466 e. The zero-order valence-corrected chi connectivity index (χ0v) is 12.1. The van der Waals surface area contributed by atoms with Gasteiger partial charge < -0.3 is 4.74 Å². The minimum absolute atomic E-state index is 0.164. The first-order valence-corrected chi connectivity index (χ1v) is 7.13. The third kappa shape index (κ3) is 3.57. The van der Waals surface area contributed by atoms with Gasteiger partial charge in [-0.25, -0.2) is 4.39 Å². The van der Waals surface area contributed by atoms with Gasteiger partial charge in [0, 0.05) is 18.2 Å². The van der Waals surface area contributed by atoms with Gasteiger partial charge in [-0.1, -0.05) is 17.7 Å². The second-order valence-electron chi connectivity index (χ2n) is 4.86. The molecule has 0 fully saturated rings. The number of hydrogen-bond donors (Lipinski definition) is 0. The Morgan fingerprint density at radius 2 is 2.35 bits per heavy atom. The summed E-state index contributed by atoms with van der Waals surface area (Å²) in [6, 6.07) is 0. The van der Waals surface area contributed by atoms with Gasteiger partial charge in [-0.2, -0.15) is 0 Å². The molecule has 1 aliphatic rings. The summed E-state index contributed by atoms with van der Waals surface area (Å²) in [6.07, 6.45) is 7.31. The Balaban J connectivity index is 2.04. The molecule has 0 saturated carbocycles. The van der Waals surface area contributed by atoms with Crippen molar-refractivity contribution in [3.8, 4) is 0 Å². The minimum atomic E-state index is -0.396. The lowest BCUT2D eigenvalue weighted by Gasteiger charge is -2.22. The molecular weight excluding hydrogens is 281 g/mol. The molecule has 0 amide bonds. The number of aromatic nitrogens is 1. The van der Waals surface area contributed by atoms with Crippen molar-refractivity contribution in [1.82, 2.24) is 4.98 Å². The molecule has 0 aliphatic heterocycles. The van der Waals surface area contributed by atoms with E-state index in [1.807, 2.05) is 6.08 Å². The molecule has 0 bridgehead atoms. The van der Waals surface area contributed by atoms with E-state index in [9.17, 15) is 9.18 Å². The number of carbonyl (C=O) groups is 1. The van der Waals surface area contributed by atoms with Gasteiger partial charge in [-0.3, -0.25) is 9.78 Å². The number of hydrogen-bond acceptors (Lipinski definition) is 3. The number of rotatable bonds is 4. The van der Waals surface area contributed by atoms with Gasteiger partial charge in [0.25, 0.3) is 0 Å². The first-order valence-electron chi connectivity index (χ1n) is 6.75. The monoisotopic (exact) mass is 297 g/mol. The van der Waals surface area contributed by atoms with E-state index in [0.717, 1.165) is 18.4 Å². The molecule has 0 aromatic carbocycles. The second kappa shape index (κ2) is 6.84. The lowest BCUT2D eigenvalue weighted by molar-refractivity contribution is -0.144. The van der Waals surface area contributed by atoms with Crippen LogP contribution in [0.4, 0.5) is 4.39 Å². The van der Waals surface area contributed by atoms with Crippen LogP contribution in [-0.4, -0.2) is 17.6 Å². The summed E-state index contributed by atoms with van der Waals surface area (Å²) in [6.45, 7) is 2.20. The molecule has 1 unspecified atom stereocenters. The van der Waals surface area contributed by atoms with Crippen LogP contribution in [0.25, 0.3) is 5.57 Å². The Morgan fingerprint density at radius 1 is 1.55 bits per heavy atom. The highest BCUT2D eigenvalue weighted by molar-refractivity contribution is 6.32. The third-order valence-electron chi connectivity index (χ3n) is 3.45. The summed E-state index contributed by atoms with van der Waals surface area (Å²) >= 11 is 6.01. The molecule has 1 aromatic heterocycles. The molecule has 0 N–H and O–H groups in total. The molecule has 1 atom stereocenters. The summed E-state index contributed by atoms with van der Waals surface area (Å²) in [7, 11) is 0. The Bertz CT molecular complexity index is 510. The molecule has 0 radical (unpaired) electrons. The van der Waals surface area contributed by atoms with Crippen LogP contribution < -0.4 is 0 Å². The Labute approximate surface area is 122 Å². The lowest BCUT2D eigenvalue weighted by Crippen LogP contribution is -2.14. The second-order valence-corrected chi connectivity index (χ2v) is 5.26. The molecular formula is C15H17ClFNO2. The number of allylic oxidation sites excluding steroid dienone is 2. The summed E-state index contributed by atoms with van der Waals surface area (Å²) < 4.78 is 18.7. The molecule has 5 heteroatoms. The molecule has 20 heavy (non-hydrogen) atoms. The van der Waals surface area contributed by atoms with Crippen molar-refractivity contribution in [2.24, 2.45) is 5.92 Å². The number of carbonyl (C=O) groups excluding carboxylic acids is 1. The van der Waals surface area contributed by atoms with E-state index >= 15 is 0 Å². The molecule has 0 saturated heterocycles.